The predicted octanol–water partition coefficient (Wildman–Crippen LogP) is -7.08. The van der Waals surface area contributed by atoms with E-state index in [9.17, 15) is 97.5 Å². The van der Waals surface area contributed by atoms with Gasteiger partial charge in [-0.05, 0) is 41.0 Å². The van der Waals surface area contributed by atoms with Gasteiger partial charge in [0.2, 0.25) is 0 Å². The summed E-state index contributed by atoms with van der Waals surface area (Å²) in [5, 5.41) is 48.1. The number of hydrogen-bond donors (Lipinski definition) is 0. The summed E-state index contributed by atoms with van der Waals surface area (Å²) in [6, 6.07) is 0. The zero-order valence-corrected chi connectivity index (χ0v) is 29.1. The summed E-state index contributed by atoms with van der Waals surface area (Å²) in [5.41, 5.74) is 0. The first-order valence-electron chi connectivity index (χ1n) is 13.2. The molecule has 0 unspecified atom stereocenters. The fourth-order valence-corrected chi connectivity index (χ4v) is 1.88. The number of allylic oxidation sites excluding steroid dienone is 4. The Kier molecular flexibility index (Phi) is 38.3. The molecule has 0 aromatic heterocycles. The molecule has 0 aromatic carbocycles. The first kappa shape index (κ1) is 57.4. The quantitative estimate of drug-likeness (QED) is 0.110. The first-order valence-corrected chi connectivity index (χ1v) is 13.2. The van der Waals surface area contributed by atoms with E-state index in [1.165, 1.54) is 0 Å². The summed E-state index contributed by atoms with van der Waals surface area (Å²) >= 11 is 0. The Morgan fingerprint density at radius 3 is 0.529 bits per heavy atom. The number of carboxylic acid groups (broad SMARTS) is 5. The maximum absolute atomic E-state index is 10.1. The molecule has 0 N–H and O–H groups in total. The number of carbonyl (C=O) groups excluding carboxylic acids is 15. The third kappa shape index (κ3) is 51.1. The Bertz CT molecular complexity index is 1180. The molecule has 0 heterocycles. The second-order valence-electron chi connectivity index (χ2n) is 9.04. The van der Waals surface area contributed by atoms with E-state index in [-0.39, 0.29) is 18.6 Å². The Balaban J connectivity index is -0.000000119. The molecule has 0 aromatic rings. The molecule has 0 aliphatic heterocycles. The molecule has 0 radical (unpaired) electrons. The molecule has 51 heavy (non-hydrogen) atoms. The van der Waals surface area contributed by atoms with Crippen molar-refractivity contribution in [1.29, 1.82) is 0 Å². The van der Waals surface area contributed by atoms with Crippen LogP contribution in [-0.2, 0) is 90.5 Å². The van der Waals surface area contributed by atoms with E-state index in [2.05, 4.69) is 24.3 Å². The van der Waals surface area contributed by atoms with Crippen molar-refractivity contribution >= 4 is 87.7 Å². The normalized spacial score (nSPS) is 9.27. The zero-order valence-electron chi connectivity index (χ0n) is 27.7. The third-order valence-electron chi connectivity index (χ3n) is 3.84. The molecular formula is C30H31O20V. The van der Waals surface area contributed by atoms with Crippen molar-refractivity contribution in [2.24, 2.45) is 0 Å². The third-order valence-corrected chi connectivity index (χ3v) is 3.84. The smallest absolute Gasteiger partial charge is 0.542 e. The molecule has 20 nitrogen and oxygen atoms in total. The van der Waals surface area contributed by atoms with Crippen LogP contribution in [0.1, 0.15) is 73.1 Å². The van der Waals surface area contributed by atoms with Crippen LogP contribution in [-0.4, -0.2) is 87.7 Å². The van der Waals surface area contributed by atoms with Crippen molar-refractivity contribution in [2.75, 3.05) is 0 Å². The predicted molar refractivity (Wildman–Crippen MR) is 149 cm³/mol. The van der Waals surface area contributed by atoms with E-state index in [1.54, 1.807) is 0 Å². The van der Waals surface area contributed by atoms with Crippen LogP contribution in [0.2, 0.25) is 0 Å². The van der Waals surface area contributed by atoms with Gasteiger partial charge < -0.3 is 49.5 Å². The number of hydrogen-bond acceptors (Lipinski definition) is 20. The molecule has 0 bridgehead atoms. The number of ketones is 10. The molecule has 1 aliphatic rings. The van der Waals surface area contributed by atoms with Crippen molar-refractivity contribution in [3.8, 4) is 0 Å². The van der Waals surface area contributed by atoms with E-state index in [0.717, 1.165) is 41.0 Å². The van der Waals surface area contributed by atoms with Gasteiger partial charge >= 0.3 is 18.6 Å². The number of carboxylic acids is 5. The van der Waals surface area contributed by atoms with Gasteiger partial charge in [-0.1, -0.05) is 24.3 Å². The van der Waals surface area contributed by atoms with Crippen LogP contribution < -0.4 is 25.5 Å². The molecule has 0 fully saturated rings. The number of rotatable bonds is 15. The molecule has 1 aliphatic carbocycles. The molecule has 276 valence electrons. The average molecular weight is 763 g/mol. The average Bonchev–Trinajstić information content (AvgIpc) is 3.53. The molecule has 21 heteroatoms. The fourth-order valence-electron chi connectivity index (χ4n) is 1.88. The molecule has 0 spiro atoms. The van der Waals surface area contributed by atoms with Crippen LogP contribution in [0.4, 0.5) is 0 Å². The molecule has 0 atom stereocenters. The van der Waals surface area contributed by atoms with E-state index in [4.69, 9.17) is 0 Å². The van der Waals surface area contributed by atoms with E-state index in [0.29, 0.717) is 0 Å². The number of aliphatic carboxylic acids is 5. The van der Waals surface area contributed by atoms with Gasteiger partial charge in [0.05, 0.1) is 32.1 Å². The Morgan fingerprint density at radius 1 is 0.353 bits per heavy atom. The van der Waals surface area contributed by atoms with Gasteiger partial charge in [-0.3, -0.25) is 47.9 Å². The van der Waals surface area contributed by atoms with Crippen LogP contribution in [0.25, 0.3) is 0 Å². The minimum absolute atomic E-state index is 0. The van der Waals surface area contributed by atoms with Crippen molar-refractivity contribution in [2.45, 2.75) is 73.1 Å². The van der Waals surface area contributed by atoms with Gasteiger partial charge in [-0.15, -0.1) is 0 Å². The maximum atomic E-state index is 10.1. The largest absolute Gasteiger partial charge is 5.00 e. The van der Waals surface area contributed by atoms with Crippen LogP contribution >= 0.6 is 0 Å². The van der Waals surface area contributed by atoms with Crippen LogP contribution in [0, 0.1) is 0 Å². The van der Waals surface area contributed by atoms with E-state index in [1.807, 2.05) is 0 Å². The van der Waals surface area contributed by atoms with Crippen LogP contribution in [0.15, 0.2) is 24.3 Å². The monoisotopic (exact) mass is 762 g/mol. The van der Waals surface area contributed by atoms with Crippen molar-refractivity contribution in [1.82, 2.24) is 0 Å². The molecule has 0 amide bonds. The molecule has 1 rings (SSSR count). The Labute approximate surface area is 300 Å². The Hall–Kier alpha value is -5.89. The van der Waals surface area contributed by atoms with Gasteiger partial charge in [0.15, 0.2) is 28.9 Å². The summed E-state index contributed by atoms with van der Waals surface area (Å²) in [6.45, 7) is 5.70. The van der Waals surface area contributed by atoms with Crippen molar-refractivity contribution in [3.63, 3.8) is 0 Å². The molecule has 0 saturated carbocycles. The Morgan fingerprint density at radius 2 is 0.490 bits per heavy atom. The van der Waals surface area contributed by atoms with E-state index < -0.39 is 120 Å². The number of carbonyl (C=O) groups is 15. The standard InChI is InChI=1S/5C5H6O4.C5H6.V/c5*1-3(6)2-4(7)5(8)9;1-2-4-5-3-1;/h5*2H2,1H3,(H,8,9);1-4H,5H2;/q;;;;;;+5/p-5. The first-order chi connectivity index (χ1) is 22.7. The fraction of sp³-hybridized carbons (Fsp3) is 0.367. The zero-order chi connectivity index (χ0) is 40.7. The SMILES string of the molecule is C1=CCC=C1.CC(=O)CC(=O)C(=O)[O-].CC(=O)CC(=O)C(=O)[O-].CC(=O)CC(=O)C(=O)[O-].CC(=O)CC(=O)C(=O)[O-].CC(=O)CC(=O)C(=O)[O-].[V+5]. The maximum Gasteiger partial charge on any atom is 5.00 e. The minimum Gasteiger partial charge on any atom is -0.542 e. The van der Waals surface area contributed by atoms with Crippen molar-refractivity contribution < 1.29 is 116 Å². The summed E-state index contributed by atoms with van der Waals surface area (Å²) < 4.78 is 0. The van der Waals surface area contributed by atoms with Crippen LogP contribution in [0.3, 0.4) is 0 Å². The summed E-state index contributed by atoms with van der Waals surface area (Å²) in [7, 11) is 0. The van der Waals surface area contributed by atoms with Gasteiger partial charge in [0.25, 0.3) is 0 Å². The van der Waals surface area contributed by atoms with Crippen LogP contribution in [0.5, 0.6) is 0 Å². The molecular weight excluding hydrogens is 731 g/mol. The van der Waals surface area contributed by atoms with Gasteiger partial charge in [-0.25, -0.2) is 0 Å². The molecule has 0 saturated heterocycles. The summed E-state index contributed by atoms with van der Waals surface area (Å²) in [5.74, 6) is -17.2. The number of Topliss-reactive ketones (excluding diaryl/α,β-unsaturated/α-hetero) is 10. The van der Waals surface area contributed by atoms with Gasteiger partial charge in [-0.2, -0.15) is 0 Å². The van der Waals surface area contributed by atoms with Gasteiger partial charge in [0, 0.05) is 0 Å². The second-order valence-corrected chi connectivity index (χ2v) is 9.04. The van der Waals surface area contributed by atoms with Crippen molar-refractivity contribution in [3.05, 3.63) is 24.3 Å². The van der Waals surface area contributed by atoms with E-state index >= 15 is 0 Å². The summed E-state index contributed by atoms with van der Waals surface area (Å²) in [6.07, 6.45) is 6.66. The second kappa shape index (κ2) is 34.0. The topological polar surface area (TPSA) is 371 Å². The minimum atomic E-state index is -1.80. The summed E-state index contributed by atoms with van der Waals surface area (Å²) in [4.78, 5) is 149. The van der Waals surface area contributed by atoms with Gasteiger partial charge in [0.1, 0.15) is 58.8 Å².